The molecule has 3 aliphatic rings. The molecule has 0 spiro atoms. The Kier molecular flexibility index (Phi) is 11.0. The first kappa shape index (κ1) is 33.8. The van der Waals surface area contributed by atoms with Gasteiger partial charge in [-0.15, -0.1) is 0 Å². The van der Waals surface area contributed by atoms with Gasteiger partial charge in [-0.1, -0.05) is 12.7 Å². The largest absolute Gasteiger partial charge is 0.493 e. The molecular formula is C33H42N4O10. The molecule has 254 valence electrons. The van der Waals surface area contributed by atoms with Crippen LogP contribution in [0, 0.1) is 0 Å². The van der Waals surface area contributed by atoms with Crippen molar-refractivity contribution in [3.05, 3.63) is 48.3 Å². The fraction of sp³-hybridized carbons (Fsp3) is 0.515. The first-order valence-electron chi connectivity index (χ1n) is 15.9. The third kappa shape index (κ3) is 7.71. The summed E-state index contributed by atoms with van der Waals surface area (Å²) in [4.78, 5) is 54.9. The van der Waals surface area contributed by atoms with Gasteiger partial charge in [-0.2, -0.15) is 0 Å². The minimum atomic E-state index is -1.10. The number of anilines is 2. The van der Waals surface area contributed by atoms with Crippen LogP contribution in [0.1, 0.15) is 72.2 Å². The fourth-order valence-corrected chi connectivity index (χ4v) is 6.17. The van der Waals surface area contributed by atoms with Crippen LogP contribution in [-0.2, 0) is 26.1 Å². The molecule has 14 nitrogen and oxygen atoms in total. The molecule has 2 N–H and O–H groups in total. The van der Waals surface area contributed by atoms with Crippen molar-refractivity contribution < 1.29 is 48.0 Å². The molecule has 2 unspecified atom stereocenters. The van der Waals surface area contributed by atoms with E-state index < -0.39 is 30.6 Å². The number of carboxylic acids is 1. The molecule has 0 bridgehead atoms. The SMILES string of the molecule is C=CCOC(=O)N1c2cc(OCCCC(=O)Nc3cc(C(=O)O)n(C)c3)c(OC)cc2C(=O)N2CCCC[C@H]2C1OC1CCCCO1. The van der Waals surface area contributed by atoms with Gasteiger partial charge in [-0.25, -0.2) is 14.5 Å². The van der Waals surface area contributed by atoms with E-state index in [9.17, 15) is 24.3 Å². The summed E-state index contributed by atoms with van der Waals surface area (Å²) in [5.41, 5.74) is 0.930. The van der Waals surface area contributed by atoms with Crippen molar-refractivity contribution in [3.8, 4) is 11.5 Å². The predicted octanol–water partition coefficient (Wildman–Crippen LogP) is 4.54. The normalized spacial score (nSPS) is 20.8. The van der Waals surface area contributed by atoms with Crippen LogP contribution >= 0.6 is 0 Å². The Morgan fingerprint density at radius 1 is 1.13 bits per heavy atom. The average Bonchev–Trinajstić information content (AvgIpc) is 3.41. The van der Waals surface area contributed by atoms with Gasteiger partial charge in [0.15, 0.2) is 24.0 Å². The van der Waals surface area contributed by atoms with Crippen molar-refractivity contribution in [3.63, 3.8) is 0 Å². The molecule has 47 heavy (non-hydrogen) atoms. The Balaban J connectivity index is 1.39. The maximum Gasteiger partial charge on any atom is 0.416 e. The van der Waals surface area contributed by atoms with Gasteiger partial charge in [0, 0.05) is 38.9 Å². The number of benzene rings is 1. The number of aryl methyl sites for hydroxylation is 1. The van der Waals surface area contributed by atoms with Crippen LogP contribution in [0.5, 0.6) is 11.5 Å². The Hall–Kier alpha value is -4.56. The number of carboxylic acid groups (broad SMARTS) is 1. The van der Waals surface area contributed by atoms with Crippen molar-refractivity contribution in [2.75, 3.05) is 43.7 Å². The van der Waals surface area contributed by atoms with Crippen LogP contribution in [0.4, 0.5) is 16.2 Å². The van der Waals surface area contributed by atoms with E-state index in [0.29, 0.717) is 38.1 Å². The Morgan fingerprint density at radius 3 is 2.64 bits per heavy atom. The highest BCUT2D eigenvalue weighted by Gasteiger charge is 2.46. The van der Waals surface area contributed by atoms with Crippen molar-refractivity contribution in [1.29, 1.82) is 0 Å². The zero-order valence-corrected chi connectivity index (χ0v) is 26.8. The summed E-state index contributed by atoms with van der Waals surface area (Å²) in [6.07, 6.45) is 6.09. The van der Waals surface area contributed by atoms with E-state index in [1.54, 1.807) is 24.1 Å². The number of aromatic carboxylic acids is 1. The van der Waals surface area contributed by atoms with E-state index in [0.717, 1.165) is 25.7 Å². The lowest BCUT2D eigenvalue weighted by Crippen LogP contribution is -2.57. The molecule has 3 aliphatic heterocycles. The van der Waals surface area contributed by atoms with Crippen LogP contribution in [0.25, 0.3) is 0 Å². The minimum absolute atomic E-state index is 0.0399. The average molecular weight is 655 g/mol. The van der Waals surface area contributed by atoms with Gasteiger partial charge in [-0.05, 0) is 57.1 Å². The van der Waals surface area contributed by atoms with Crippen LogP contribution in [-0.4, -0.2) is 90.5 Å². The van der Waals surface area contributed by atoms with E-state index in [4.69, 9.17) is 23.7 Å². The van der Waals surface area contributed by atoms with E-state index in [1.807, 2.05) is 0 Å². The number of piperidine rings is 1. The minimum Gasteiger partial charge on any atom is -0.493 e. The number of hydrogen-bond acceptors (Lipinski definition) is 9. The topological polar surface area (TPSA) is 158 Å². The highest BCUT2D eigenvalue weighted by molar-refractivity contribution is 6.06. The lowest BCUT2D eigenvalue weighted by molar-refractivity contribution is -0.198. The molecule has 0 radical (unpaired) electrons. The summed E-state index contributed by atoms with van der Waals surface area (Å²) in [6.45, 7) is 4.78. The Bertz CT molecular complexity index is 1480. The predicted molar refractivity (Wildman–Crippen MR) is 170 cm³/mol. The van der Waals surface area contributed by atoms with Crippen molar-refractivity contribution >= 4 is 35.3 Å². The first-order chi connectivity index (χ1) is 22.7. The third-order valence-corrected chi connectivity index (χ3v) is 8.43. The fourth-order valence-electron chi connectivity index (χ4n) is 6.17. The lowest BCUT2D eigenvalue weighted by Gasteiger charge is -2.42. The van der Waals surface area contributed by atoms with Gasteiger partial charge in [0.05, 0.1) is 36.7 Å². The summed E-state index contributed by atoms with van der Waals surface area (Å²) in [5, 5.41) is 11.9. The number of methoxy groups -OCH3 is 1. The monoisotopic (exact) mass is 654 g/mol. The van der Waals surface area contributed by atoms with Gasteiger partial charge in [0.2, 0.25) is 5.91 Å². The molecule has 0 aliphatic carbocycles. The number of fused-ring (bicyclic) bond motifs is 2. The number of nitrogens with zero attached hydrogens (tertiary/aromatic N) is 3. The van der Waals surface area contributed by atoms with Crippen LogP contribution in [0.3, 0.4) is 0 Å². The number of carbonyl (C=O) groups excluding carboxylic acids is 3. The summed E-state index contributed by atoms with van der Waals surface area (Å²) in [5.74, 6) is -1.11. The van der Waals surface area contributed by atoms with Gasteiger partial charge >= 0.3 is 12.1 Å². The van der Waals surface area contributed by atoms with Gasteiger partial charge in [0.25, 0.3) is 5.91 Å². The zero-order valence-electron chi connectivity index (χ0n) is 26.8. The molecule has 2 aromatic rings. The van der Waals surface area contributed by atoms with Crippen molar-refractivity contribution in [2.45, 2.75) is 69.9 Å². The lowest BCUT2D eigenvalue weighted by atomic mass is 10.00. The van der Waals surface area contributed by atoms with Gasteiger partial charge in [-0.3, -0.25) is 9.59 Å². The van der Waals surface area contributed by atoms with E-state index in [1.165, 1.54) is 34.9 Å². The van der Waals surface area contributed by atoms with Gasteiger partial charge in [0.1, 0.15) is 12.3 Å². The number of nitrogens with one attached hydrogen (secondary N) is 1. The second-order valence-electron chi connectivity index (χ2n) is 11.7. The summed E-state index contributed by atoms with van der Waals surface area (Å²) in [6, 6.07) is 4.09. The third-order valence-electron chi connectivity index (χ3n) is 8.43. The van der Waals surface area contributed by atoms with Crippen LogP contribution in [0.15, 0.2) is 37.1 Å². The van der Waals surface area contributed by atoms with Gasteiger partial charge < -0.3 is 43.6 Å². The summed E-state index contributed by atoms with van der Waals surface area (Å²) >= 11 is 0. The molecular weight excluding hydrogens is 612 g/mol. The molecule has 5 rings (SSSR count). The molecule has 3 atom stereocenters. The zero-order chi connectivity index (χ0) is 33.5. The van der Waals surface area contributed by atoms with Crippen molar-refractivity contribution in [1.82, 2.24) is 9.47 Å². The maximum atomic E-state index is 14.1. The second-order valence-corrected chi connectivity index (χ2v) is 11.7. The summed E-state index contributed by atoms with van der Waals surface area (Å²) < 4.78 is 31.1. The van der Waals surface area contributed by atoms with Crippen molar-refractivity contribution in [2.24, 2.45) is 7.05 Å². The Morgan fingerprint density at radius 2 is 1.94 bits per heavy atom. The molecule has 14 heteroatoms. The molecule has 1 aromatic carbocycles. The molecule has 4 heterocycles. The highest BCUT2D eigenvalue weighted by Crippen LogP contribution is 2.42. The maximum absolute atomic E-state index is 14.1. The van der Waals surface area contributed by atoms with Crippen LogP contribution < -0.4 is 19.7 Å². The molecule has 2 saturated heterocycles. The number of rotatable bonds is 12. The first-order valence-corrected chi connectivity index (χ1v) is 15.9. The highest BCUT2D eigenvalue weighted by atomic mass is 16.7. The molecule has 2 fully saturated rings. The Labute approximate surface area is 273 Å². The number of ether oxygens (including phenoxy) is 5. The second kappa shape index (κ2) is 15.4. The van der Waals surface area contributed by atoms with Crippen LogP contribution in [0.2, 0.25) is 0 Å². The molecule has 1 aromatic heterocycles. The molecule has 0 saturated carbocycles. The van der Waals surface area contributed by atoms with E-state index >= 15 is 0 Å². The standard InChI is InChI=1S/C33H42N4O10/c1-4-14-46-33(42)37-24-19-27(44-16-9-11-28(38)34-21-17-25(32(40)41)35(2)20-21)26(43-3)18-22(24)30(39)36-13-7-5-10-23(36)31(37)47-29-12-6-8-15-45-29/h4,17-20,23,29,31H,1,5-16H2,2-3H3,(H,34,38)(H,40,41)/t23-,29?,31?/m0/s1. The number of amides is 3. The molecule has 3 amide bonds. The van der Waals surface area contributed by atoms with E-state index in [2.05, 4.69) is 11.9 Å². The number of aromatic nitrogens is 1. The van der Waals surface area contributed by atoms with E-state index in [-0.39, 0.29) is 59.9 Å². The summed E-state index contributed by atoms with van der Waals surface area (Å²) in [7, 11) is 3.04. The number of carbonyl (C=O) groups is 4. The quantitative estimate of drug-likeness (QED) is 0.246. The smallest absolute Gasteiger partial charge is 0.416 e. The number of hydrogen-bond donors (Lipinski definition) is 2.